The molecule has 0 aliphatic heterocycles. The minimum Gasteiger partial charge on any atom is -0.410 e. The van der Waals surface area contributed by atoms with Crippen molar-refractivity contribution < 1.29 is 9.21 Å². The zero-order chi connectivity index (χ0) is 18.9. The summed E-state index contributed by atoms with van der Waals surface area (Å²) in [5.74, 6) is 0.238. The van der Waals surface area contributed by atoms with Gasteiger partial charge in [-0.2, -0.15) is 5.26 Å². The largest absolute Gasteiger partial charge is 0.410 e. The number of hydrogen-bond donors (Lipinski definition) is 0. The van der Waals surface area contributed by atoms with Crippen LogP contribution < -0.4 is 0 Å². The summed E-state index contributed by atoms with van der Waals surface area (Å²) in [5.41, 5.74) is -0.873. The number of carbonyl (C=O) groups excluding carboxylic acids is 1. The highest BCUT2D eigenvalue weighted by molar-refractivity contribution is 7.99. The smallest absolute Gasteiger partial charge is 0.277 e. The highest BCUT2D eigenvalue weighted by Crippen LogP contribution is 2.41. The van der Waals surface area contributed by atoms with Crippen LogP contribution >= 0.6 is 34.7 Å². The van der Waals surface area contributed by atoms with E-state index >= 15 is 0 Å². The third-order valence-corrected chi connectivity index (χ3v) is 6.41. The van der Waals surface area contributed by atoms with E-state index in [9.17, 15) is 4.79 Å². The molecule has 0 saturated heterocycles. The molecular weight excluding hydrogens is 392 g/mol. The number of hydrogen-bond acceptors (Lipinski definition) is 7. The molecule has 134 valence electrons. The van der Waals surface area contributed by atoms with Crippen molar-refractivity contribution in [3.8, 4) is 16.8 Å². The molecule has 0 unspecified atom stereocenters. The van der Waals surface area contributed by atoms with Gasteiger partial charge in [0.2, 0.25) is 5.91 Å². The molecule has 0 aliphatic rings. The van der Waals surface area contributed by atoms with E-state index in [2.05, 4.69) is 16.3 Å². The molecule has 0 spiro atoms. The second kappa shape index (κ2) is 7.27. The summed E-state index contributed by atoms with van der Waals surface area (Å²) < 4.78 is 6.69. The van der Waals surface area contributed by atoms with Crippen LogP contribution in [-0.2, 0) is 4.79 Å². The van der Waals surface area contributed by atoms with Crippen molar-refractivity contribution in [2.75, 3.05) is 12.8 Å². The van der Waals surface area contributed by atoms with Crippen LogP contribution in [0.4, 0.5) is 0 Å². The summed E-state index contributed by atoms with van der Waals surface area (Å²) >= 11 is 9.03. The van der Waals surface area contributed by atoms with Crippen LogP contribution in [0.1, 0.15) is 13.8 Å². The van der Waals surface area contributed by atoms with Gasteiger partial charge in [0.25, 0.3) is 11.1 Å². The Kier molecular flexibility index (Phi) is 5.23. The van der Waals surface area contributed by atoms with Gasteiger partial charge in [-0.05, 0) is 19.9 Å². The number of thioether (sulfide) groups is 1. The van der Waals surface area contributed by atoms with E-state index in [0.717, 1.165) is 21.8 Å². The fraction of sp³-hybridized carbons (Fsp3) is 0.294. The molecule has 1 amide bonds. The maximum absolute atomic E-state index is 12.2. The fourth-order valence-corrected chi connectivity index (χ4v) is 4.23. The zero-order valence-corrected chi connectivity index (χ0v) is 16.7. The molecule has 1 aromatic carbocycles. The molecule has 3 aromatic rings. The normalized spacial score (nSPS) is 11.5. The van der Waals surface area contributed by atoms with E-state index < -0.39 is 5.54 Å². The Balaban J connectivity index is 1.73. The summed E-state index contributed by atoms with van der Waals surface area (Å²) in [6, 6.07) is 9.88. The third-order valence-electron chi connectivity index (χ3n) is 3.94. The molecule has 0 aliphatic carbocycles. The SMILES string of the molecule is CN(C(=O)CSc1nnc(-c2sc3ccccc3c2Cl)o1)C(C)(C)C#N. The standard InChI is InChI=1S/C17H15ClN4O2S2/c1-17(2,9-19)22(3)12(23)8-25-16-21-20-15(24-16)14-13(18)10-6-4-5-7-11(10)26-14/h4-7H,8H2,1-3H3. The molecule has 0 fully saturated rings. The molecular formula is C17H15ClN4O2S2. The summed E-state index contributed by atoms with van der Waals surface area (Å²) in [6.07, 6.45) is 0. The molecule has 2 aromatic heterocycles. The number of halogens is 1. The first-order valence-electron chi connectivity index (χ1n) is 7.65. The van der Waals surface area contributed by atoms with Crippen LogP contribution in [-0.4, -0.2) is 39.3 Å². The molecule has 3 rings (SSSR count). The van der Waals surface area contributed by atoms with Crippen LogP contribution in [0, 0.1) is 11.3 Å². The van der Waals surface area contributed by atoms with Crippen LogP contribution in [0.5, 0.6) is 0 Å². The lowest BCUT2D eigenvalue weighted by Crippen LogP contribution is -2.44. The average Bonchev–Trinajstić information content (AvgIpc) is 3.24. The fourth-order valence-electron chi connectivity index (χ4n) is 2.12. The van der Waals surface area contributed by atoms with Gasteiger partial charge < -0.3 is 9.32 Å². The Morgan fingerprint density at radius 2 is 2.15 bits per heavy atom. The number of nitriles is 1. The number of thiophene rings is 1. The second-order valence-corrected chi connectivity index (χ2v) is 8.38. The average molecular weight is 407 g/mol. The first-order valence-corrected chi connectivity index (χ1v) is 9.83. The molecule has 9 heteroatoms. The van der Waals surface area contributed by atoms with Crippen LogP contribution in [0.25, 0.3) is 20.9 Å². The van der Waals surface area contributed by atoms with Gasteiger partial charge in [0.05, 0.1) is 16.8 Å². The number of nitrogens with zero attached hydrogens (tertiary/aromatic N) is 4. The quantitative estimate of drug-likeness (QED) is 0.582. The molecule has 0 saturated carbocycles. The first-order chi connectivity index (χ1) is 12.3. The lowest BCUT2D eigenvalue weighted by molar-refractivity contribution is -0.130. The monoisotopic (exact) mass is 406 g/mol. The van der Waals surface area contributed by atoms with E-state index in [4.69, 9.17) is 21.3 Å². The van der Waals surface area contributed by atoms with Crippen LogP contribution in [0.15, 0.2) is 33.9 Å². The number of amides is 1. The Hall–Kier alpha value is -2.08. The molecule has 0 atom stereocenters. The van der Waals surface area contributed by atoms with Crippen molar-refractivity contribution >= 4 is 50.7 Å². The van der Waals surface area contributed by atoms with Crippen molar-refractivity contribution in [2.45, 2.75) is 24.6 Å². The summed E-state index contributed by atoms with van der Waals surface area (Å²) in [6.45, 7) is 3.37. The Morgan fingerprint density at radius 1 is 1.42 bits per heavy atom. The van der Waals surface area contributed by atoms with E-state index in [-0.39, 0.29) is 16.9 Å². The van der Waals surface area contributed by atoms with Crippen LogP contribution in [0.3, 0.4) is 0 Å². The molecule has 0 radical (unpaired) electrons. The first kappa shape index (κ1) is 18.7. The molecule has 0 N–H and O–H groups in total. The van der Waals surface area contributed by atoms with Crippen LogP contribution in [0.2, 0.25) is 5.02 Å². The van der Waals surface area contributed by atoms with E-state index in [0.29, 0.717) is 15.8 Å². The number of benzene rings is 1. The second-order valence-electron chi connectivity index (χ2n) is 6.03. The molecule has 0 bridgehead atoms. The zero-order valence-electron chi connectivity index (χ0n) is 14.3. The molecule has 26 heavy (non-hydrogen) atoms. The van der Waals surface area contributed by atoms with E-state index in [1.807, 2.05) is 24.3 Å². The maximum Gasteiger partial charge on any atom is 0.277 e. The van der Waals surface area contributed by atoms with Gasteiger partial charge in [0, 0.05) is 17.1 Å². The number of aromatic nitrogens is 2. The summed E-state index contributed by atoms with van der Waals surface area (Å²) in [4.78, 5) is 14.3. The number of fused-ring (bicyclic) bond motifs is 1. The van der Waals surface area contributed by atoms with Crippen molar-refractivity contribution in [1.82, 2.24) is 15.1 Å². The maximum atomic E-state index is 12.2. The van der Waals surface area contributed by atoms with Gasteiger partial charge in [-0.3, -0.25) is 4.79 Å². The van der Waals surface area contributed by atoms with Crippen molar-refractivity contribution in [1.29, 1.82) is 5.26 Å². The Morgan fingerprint density at radius 3 is 2.85 bits per heavy atom. The van der Waals surface area contributed by atoms with Gasteiger partial charge in [-0.25, -0.2) is 0 Å². The molecule has 2 heterocycles. The van der Waals surface area contributed by atoms with Gasteiger partial charge in [0.1, 0.15) is 10.4 Å². The van der Waals surface area contributed by atoms with Gasteiger partial charge in [-0.1, -0.05) is 41.6 Å². The van der Waals surface area contributed by atoms with Crippen molar-refractivity contribution in [2.24, 2.45) is 0 Å². The summed E-state index contributed by atoms with van der Waals surface area (Å²) in [5, 5.41) is 18.9. The highest BCUT2D eigenvalue weighted by atomic mass is 35.5. The lowest BCUT2D eigenvalue weighted by Gasteiger charge is -2.28. The predicted molar refractivity (Wildman–Crippen MR) is 103 cm³/mol. The Labute approximate surface area is 163 Å². The third kappa shape index (κ3) is 3.56. The molecule has 6 nitrogen and oxygen atoms in total. The minimum atomic E-state index is -0.873. The van der Waals surface area contributed by atoms with Gasteiger partial charge >= 0.3 is 0 Å². The van der Waals surface area contributed by atoms with E-state index in [1.54, 1.807) is 20.9 Å². The van der Waals surface area contributed by atoms with E-state index in [1.165, 1.54) is 16.2 Å². The highest BCUT2D eigenvalue weighted by Gasteiger charge is 2.27. The number of carbonyl (C=O) groups is 1. The predicted octanol–water partition coefficient (Wildman–Crippen LogP) is 4.46. The van der Waals surface area contributed by atoms with Crippen molar-refractivity contribution in [3.05, 3.63) is 29.3 Å². The van der Waals surface area contributed by atoms with Gasteiger partial charge in [0.15, 0.2) is 0 Å². The van der Waals surface area contributed by atoms with Gasteiger partial charge in [-0.15, -0.1) is 21.5 Å². The topological polar surface area (TPSA) is 83.0 Å². The lowest BCUT2D eigenvalue weighted by atomic mass is 10.1. The minimum absolute atomic E-state index is 0.101. The summed E-state index contributed by atoms with van der Waals surface area (Å²) in [7, 11) is 1.60. The Bertz CT molecular complexity index is 1010. The number of rotatable bonds is 5. The van der Waals surface area contributed by atoms with Crippen molar-refractivity contribution in [3.63, 3.8) is 0 Å².